The minimum atomic E-state index is -3.33. The van der Waals surface area contributed by atoms with Gasteiger partial charge in [-0.05, 0) is 12.1 Å². The monoisotopic (exact) mass is 224 g/mol. The van der Waals surface area contributed by atoms with Gasteiger partial charge in [0.25, 0.3) is 0 Å². The number of aromatic nitrogens is 4. The topological polar surface area (TPSA) is 88.6 Å². The summed E-state index contributed by atoms with van der Waals surface area (Å²) < 4.78 is 22.3. The molecule has 0 amide bonds. The zero-order valence-electron chi connectivity index (χ0n) is 7.88. The standard InChI is InChI=1S/C8H8N4O2S/c1-15(13,14)8-10-7(11-12-8)6-2-4-9-5-3-6/h2-5H,1H3,(H,10,11,12). The molecule has 2 aromatic heterocycles. The zero-order chi connectivity index (χ0) is 10.9. The molecule has 0 aliphatic heterocycles. The summed E-state index contributed by atoms with van der Waals surface area (Å²) in [5.74, 6) is 0.415. The lowest BCUT2D eigenvalue weighted by atomic mass is 10.3. The molecule has 0 bridgehead atoms. The van der Waals surface area contributed by atoms with Crippen LogP contribution in [0.3, 0.4) is 0 Å². The SMILES string of the molecule is CS(=O)(=O)c1nnc(-c2ccncc2)[nH]1. The third kappa shape index (κ3) is 2.01. The van der Waals surface area contributed by atoms with Crippen LogP contribution in [0.4, 0.5) is 0 Å². The number of sulfone groups is 1. The van der Waals surface area contributed by atoms with E-state index in [0.717, 1.165) is 11.8 Å². The van der Waals surface area contributed by atoms with E-state index >= 15 is 0 Å². The second-order valence-electron chi connectivity index (χ2n) is 2.99. The van der Waals surface area contributed by atoms with E-state index < -0.39 is 9.84 Å². The van der Waals surface area contributed by atoms with E-state index in [2.05, 4.69) is 20.2 Å². The van der Waals surface area contributed by atoms with Crippen LogP contribution in [0.15, 0.2) is 29.7 Å². The van der Waals surface area contributed by atoms with Crippen LogP contribution in [-0.4, -0.2) is 34.8 Å². The summed E-state index contributed by atoms with van der Waals surface area (Å²) in [6.07, 6.45) is 4.26. The molecule has 2 aromatic rings. The van der Waals surface area contributed by atoms with Crippen molar-refractivity contribution in [3.8, 4) is 11.4 Å². The minimum absolute atomic E-state index is 0.130. The maximum atomic E-state index is 11.1. The van der Waals surface area contributed by atoms with Crippen LogP contribution in [0.5, 0.6) is 0 Å². The second-order valence-corrected chi connectivity index (χ2v) is 4.92. The quantitative estimate of drug-likeness (QED) is 0.791. The van der Waals surface area contributed by atoms with Gasteiger partial charge in [-0.3, -0.25) is 4.98 Å². The van der Waals surface area contributed by atoms with Crippen molar-refractivity contribution in [1.82, 2.24) is 20.2 Å². The number of nitrogens with one attached hydrogen (secondary N) is 1. The summed E-state index contributed by atoms with van der Waals surface area (Å²) in [6.45, 7) is 0. The summed E-state index contributed by atoms with van der Waals surface area (Å²) >= 11 is 0. The van der Waals surface area contributed by atoms with Crippen molar-refractivity contribution < 1.29 is 8.42 Å². The molecule has 0 radical (unpaired) electrons. The highest BCUT2D eigenvalue weighted by Crippen LogP contribution is 2.13. The molecule has 2 heterocycles. The first-order valence-corrected chi connectivity index (χ1v) is 5.99. The molecule has 0 aromatic carbocycles. The highest BCUT2D eigenvalue weighted by molar-refractivity contribution is 7.90. The number of aromatic amines is 1. The van der Waals surface area contributed by atoms with Crippen LogP contribution in [0.1, 0.15) is 0 Å². The average Bonchev–Trinajstić information content (AvgIpc) is 2.67. The lowest BCUT2D eigenvalue weighted by molar-refractivity contribution is 0.594. The van der Waals surface area contributed by atoms with Crippen LogP contribution in [0, 0.1) is 0 Å². The lowest BCUT2D eigenvalue weighted by Crippen LogP contribution is -1.99. The summed E-state index contributed by atoms with van der Waals surface area (Å²) in [5, 5.41) is 7.16. The average molecular weight is 224 g/mol. The molecule has 0 aliphatic rings. The molecule has 1 N–H and O–H groups in total. The van der Waals surface area contributed by atoms with E-state index in [1.807, 2.05) is 0 Å². The lowest BCUT2D eigenvalue weighted by Gasteiger charge is -1.92. The summed E-state index contributed by atoms with van der Waals surface area (Å²) in [7, 11) is -3.33. The maximum absolute atomic E-state index is 11.1. The Kier molecular flexibility index (Phi) is 2.24. The number of rotatable bonds is 2. The molecule has 0 atom stereocenters. The van der Waals surface area contributed by atoms with E-state index in [-0.39, 0.29) is 5.16 Å². The molecular formula is C8H8N4O2S. The Morgan fingerprint density at radius 2 is 1.87 bits per heavy atom. The maximum Gasteiger partial charge on any atom is 0.247 e. The molecule has 0 unspecified atom stereocenters. The molecule has 0 spiro atoms. The number of hydrogen-bond donors (Lipinski definition) is 1. The van der Waals surface area contributed by atoms with Crippen molar-refractivity contribution in [2.45, 2.75) is 5.16 Å². The Bertz CT molecular complexity index is 561. The molecule has 7 heteroatoms. The summed E-state index contributed by atoms with van der Waals surface area (Å²) in [6, 6.07) is 3.43. The normalized spacial score (nSPS) is 11.5. The van der Waals surface area contributed by atoms with Gasteiger partial charge in [-0.2, -0.15) is 0 Å². The number of pyridine rings is 1. The molecule has 15 heavy (non-hydrogen) atoms. The molecular weight excluding hydrogens is 216 g/mol. The number of H-pyrrole nitrogens is 1. The van der Waals surface area contributed by atoms with Crippen molar-refractivity contribution >= 4 is 9.84 Å². The molecule has 0 aliphatic carbocycles. The number of hydrogen-bond acceptors (Lipinski definition) is 5. The van der Waals surface area contributed by atoms with Crippen LogP contribution >= 0.6 is 0 Å². The Morgan fingerprint density at radius 1 is 1.20 bits per heavy atom. The van der Waals surface area contributed by atoms with E-state index in [4.69, 9.17) is 0 Å². The van der Waals surface area contributed by atoms with Gasteiger partial charge in [0.15, 0.2) is 5.82 Å². The first-order chi connectivity index (χ1) is 7.07. The first kappa shape index (κ1) is 9.78. The van der Waals surface area contributed by atoms with E-state index in [9.17, 15) is 8.42 Å². The van der Waals surface area contributed by atoms with Crippen molar-refractivity contribution in [3.63, 3.8) is 0 Å². The smallest absolute Gasteiger partial charge is 0.247 e. The van der Waals surface area contributed by atoms with Crippen molar-refractivity contribution in [2.24, 2.45) is 0 Å². The van der Waals surface area contributed by atoms with Gasteiger partial charge in [-0.25, -0.2) is 8.42 Å². The Hall–Kier alpha value is -1.76. The first-order valence-electron chi connectivity index (χ1n) is 4.10. The Balaban J connectivity index is 2.46. The predicted octanol–water partition coefficient (Wildman–Crippen LogP) is 0.270. The van der Waals surface area contributed by atoms with E-state index in [0.29, 0.717) is 5.82 Å². The van der Waals surface area contributed by atoms with Crippen LogP contribution in [0.2, 0.25) is 0 Å². The van der Waals surface area contributed by atoms with Gasteiger partial charge in [0, 0.05) is 24.2 Å². The minimum Gasteiger partial charge on any atom is -0.312 e. The molecule has 0 fully saturated rings. The second kappa shape index (κ2) is 3.43. The third-order valence-electron chi connectivity index (χ3n) is 1.77. The van der Waals surface area contributed by atoms with Crippen molar-refractivity contribution in [2.75, 3.05) is 6.26 Å². The van der Waals surface area contributed by atoms with E-state index in [1.165, 1.54) is 0 Å². The third-order valence-corrected chi connectivity index (χ3v) is 2.66. The molecule has 78 valence electrons. The van der Waals surface area contributed by atoms with Crippen LogP contribution in [-0.2, 0) is 9.84 Å². The van der Waals surface area contributed by atoms with Gasteiger partial charge in [-0.15, -0.1) is 10.2 Å². The van der Waals surface area contributed by atoms with Gasteiger partial charge < -0.3 is 4.98 Å². The molecule has 6 nitrogen and oxygen atoms in total. The van der Waals surface area contributed by atoms with Crippen molar-refractivity contribution in [1.29, 1.82) is 0 Å². The Labute approximate surface area is 86.3 Å². The molecule has 2 rings (SSSR count). The number of nitrogens with zero attached hydrogens (tertiary/aromatic N) is 3. The fourth-order valence-corrected chi connectivity index (χ4v) is 1.52. The Morgan fingerprint density at radius 3 is 2.40 bits per heavy atom. The fourth-order valence-electron chi connectivity index (χ4n) is 1.05. The zero-order valence-corrected chi connectivity index (χ0v) is 8.69. The highest BCUT2D eigenvalue weighted by Gasteiger charge is 2.13. The van der Waals surface area contributed by atoms with Gasteiger partial charge in [0.2, 0.25) is 15.0 Å². The fraction of sp³-hybridized carbons (Fsp3) is 0.125. The van der Waals surface area contributed by atoms with Gasteiger partial charge in [-0.1, -0.05) is 0 Å². The van der Waals surface area contributed by atoms with E-state index in [1.54, 1.807) is 24.5 Å². The molecule has 0 saturated carbocycles. The highest BCUT2D eigenvalue weighted by atomic mass is 32.2. The summed E-state index contributed by atoms with van der Waals surface area (Å²) in [5.41, 5.74) is 0.743. The molecule has 0 saturated heterocycles. The van der Waals surface area contributed by atoms with Gasteiger partial charge in [0.1, 0.15) is 0 Å². The largest absolute Gasteiger partial charge is 0.312 e. The predicted molar refractivity (Wildman–Crippen MR) is 52.7 cm³/mol. The van der Waals surface area contributed by atoms with Crippen molar-refractivity contribution in [3.05, 3.63) is 24.5 Å². The van der Waals surface area contributed by atoms with Gasteiger partial charge in [0.05, 0.1) is 0 Å². The van der Waals surface area contributed by atoms with Crippen LogP contribution < -0.4 is 0 Å². The van der Waals surface area contributed by atoms with Gasteiger partial charge >= 0.3 is 0 Å². The van der Waals surface area contributed by atoms with Crippen LogP contribution in [0.25, 0.3) is 11.4 Å². The summed E-state index contributed by atoms with van der Waals surface area (Å²) in [4.78, 5) is 6.48.